The van der Waals surface area contributed by atoms with Crippen molar-refractivity contribution in [3.63, 3.8) is 0 Å². The Balaban J connectivity index is 0.00000288. The largest absolute Gasteiger partial charge is 0.480 e. The maximum atomic E-state index is 13.6. The highest BCUT2D eigenvalue weighted by Gasteiger charge is 2.23. The third kappa shape index (κ3) is 4.75. The Labute approximate surface area is 145 Å². The number of rotatable bonds is 7. The zero-order chi connectivity index (χ0) is 17.0. The van der Waals surface area contributed by atoms with Gasteiger partial charge in [-0.2, -0.15) is 4.98 Å². The summed E-state index contributed by atoms with van der Waals surface area (Å²) in [5, 5.41) is 16.0. The number of aromatic nitrogens is 2. The Bertz CT molecular complexity index is 693. The highest BCUT2D eigenvalue weighted by Crippen LogP contribution is 2.21. The number of benzene rings is 1. The maximum Gasteiger partial charge on any atom is 0.320 e. The topological polar surface area (TPSA) is 88.3 Å². The smallest absolute Gasteiger partial charge is 0.320 e. The molecule has 0 amide bonds. The van der Waals surface area contributed by atoms with Crippen molar-refractivity contribution in [3.05, 3.63) is 35.5 Å². The van der Waals surface area contributed by atoms with Crippen LogP contribution in [0.2, 0.25) is 0 Å². The second kappa shape index (κ2) is 8.75. The molecule has 0 spiro atoms. The molecule has 0 radical (unpaired) electrons. The van der Waals surface area contributed by atoms with Gasteiger partial charge in [0.25, 0.3) is 0 Å². The third-order valence-corrected chi connectivity index (χ3v) is 3.57. The van der Waals surface area contributed by atoms with Crippen LogP contribution in [0, 0.1) is 12.7 Å². The molecule has 24 heavy (non-hydrogen) atoms. The summed E-state index contributed by atoms with van der Waals surface area (Å²) in [6, 6.07) is 3.60. The maximum absolute atomic E-state index is 13.6. The predicted octanol–water partition coefficient (Wildman–Crippen LogP) is 3.51. The summed E-state index contributed by atoms with van der Waals surface area (Å²) in [6.45, 7) is 5.34. The van der Waals surface area contributed by atoms with Crippen LogP contribution in [0.3, 0.4) is 0 Å². The molecule has 2 rings (SSSR count). The summed E-state index contributed by atoms with van der Waals surface area (Å²) in [5.41, 5.74) is 1.05. The van der Waals surface area contributed by atoms with Gasteiger partial charge >= 0.3 is 5.97 Å². The van der Waals surface area contributed by atoms with Crippen molar-refractivity contribution in [2.75, 3.05) is 0 Å². The first-order valence-electron chi connectivity index (χ1n) is 7.51. The minimum absolute atomic E-state index is 0. The number of carboxylic acids is 1. The van der Waals surface area contributed by atoms with E-state index in [0.29, 0.717) is 17.5 Å². The van der Waals surface area contributed by atoms with Gasteiger partial charge in [0.15, 0.2) is 0 Å². The van der Waals surface area contributed by atoms with Crippen LogP contribution in [0.1, 0.15) is 44.2 Å². The van der Waals surface area contributed by atoms with Gasteiger partial charge in [0.2, 0.25) is 11.7 Å². The molecular formula is C16H21ClFN3O3. The first-order chi connectivity index (χ1) is 10.9. The summed E-state index contributed by atoms with van der Waals surface area (Å²) in [4.78, 5) is 15.4. The molecule has 1 heterocycles. The highest BCUT2D eigenvalue weighted by molar-refractivity contribution is 5.85. The molecule has 2 N–H and O–H groups in total. The molecule has 0 saturated heterocycles. The standard InChI is InChI=1S/C16H20FN3O3.ClH/c1-4-5-13(16(21)22)18-10(3)15-19-14(20-23-15)11-7-6-9(2)12(17)8-11;/h6-8,10,13,18H,4-5H2,1-3H3,(H,21,22);1H. The second-order valence-electron chi connectivity index (χ2n) is 5.49. The molecule has 8 heteroatoms. The lowest BCUT2D eigenvalue weighted by Gasteiger charge is -2.16. The number of nitrogens with one attached hydrogen (secondary N) is 1. The SMILES string of the molecule is CCCC(NC(C)c1nc(-c2ccc(C)c(F)c2)no1)C(=O)O.Cl. The van der Waals surface area contributed by atoms with E-state index in [1.807, 2.05) is 6.92 Å². The summed E-state index contributed by atoms with van der Waals surface area (Å²) < 4.78 is 18.8. The van der Waals surface area contributed by atoms with Crippen molar-refractivity contribution < 1.29 is 18.8 Å². The highest BCUT2D eigenvalue weighted by atomic mass is 35.5. The van der Waals surface area contributed by atoms with Crippen LogP contribution >= 0.6 is 12.4 Å². The Hall–Kier alpha value is -1.99. The van der Waals surface area contributed by atoms with E-state index in [0.717, 1.165) is 6.42 Å². The lowest BCUT2D eigenvalue weighted by atomic mass is 10.1. The minimum atomic E-state index is -0.918. The summed E-state index contributed by atoms with van der Waals surface area (Å²) in [6.07, 6.45) is 1.25. The molecule has 1 aromatic carbocycles. The normalized spacial score (nSPS) is 13.2. The molecule has 0 saturated carbocycles. The first-order valence-corrected chi connectivity index (χ1v) is 7.51. The second-order valence-corrected chi connectivity index (χ2v) is 5.49. The van der Waals surface area contributed by atoms with E-state index in [-0.39, 0.29) is 29.9 Å². The Morgan fingerprint density at radius 2 is 2.17 bits per heavy atom. The number of hydrogen-bond acceptors (Lipinski definition) is 5. The van der Waals surface area contributed by atoms with Crippen LogP contribution in [-0.2, 0) is 4.79 Å². The van der Waals surface area contributed by atoms with Gasteiger partial charge in [0.05, 0.1) is 6.04 Å². The monoisotopic (exact) mass is 357 g/mol. The van der Waals surface area contributed by atoms with Crippen LogP contribution < -0.4 is 5.32 Å². The van der Waals surface area contributed by atoms with Crippen molar-refractivity contribution in [2.24, 2.45) is 0 Å². The van der Waals surface area contributed by atoms with Crippen molar-refractivity contribution >= 4 is 18.4 Å². The van der Waals surface area contributed by atoms with Crippen LogP contribution in [0.5, 0.6) is 0 Å². The quantitative estimate of drug-likeness (QED) is 0.788. The number of hydrogen-bond donors (Lipinski definition) is 2. The average Bonchev–Trinajstić information content (AvgIpc) is 2.99. The van der Waals surface area contributed by atoms with Crippen LogP contribution in [0.15, 0.2) is 22.7 Å². The van der Waals surface area contributed by atoms with Crippen LogP contribution in [-0.4, -0.2) is 27.3 Å². The number of carbonyl (C=O) groups is 1. The van der Waals surface area contributed by atoms with Crippen LogP contribution in [0.4, 0.5) is 4.39 Å². The molecule has 6 nitrogen and oxygen atoms in total. The Morgan fingerprint density at radius 1 is 1.46 bits per heavy atom. The molecule has 0 aliphatic rings. The molecule has 0 bridgehead atoms. The number of aryl methyl sites for hydroxylation is 1. The Morgan fingerprint density at radius 3 is 2.75 bits per heavy atom. The molecule has 2 aromatic rings. The van der Waals surface area contributed by atoms with Gasteiger partial charge in [0, 0.05) is 5.56 Å². The van der Waals surface area contributed by atoms with Gasteiger partial charge in [-0.25, -0.2) is 4.39 Å². The van der Waals surface area contributed by atoms with Gasteiger partial charge in [-0.1, -0.05) is 30.6 Å². The minimum Gasteiger partial charge on any atom is -0.480 e. The summed E-state index contributed by atoms with van der Waals surface area (Å²) in [7, 11) is 0. The number of aliphatic carboxylic acids is 1. The van der Waals surface area contributed by atoms with Gasteiger partial charge < -0.3 is 9.63 Å². The van der Waals surface area contributed by atoms with Crippen LogP contribution in [0.25, 0.3) is 11.4 Å². The molecule has 2 atom stereocenters. The fourth-order valence-corrected chi connectivity index (χ4v) is 2.20. The third-order valence-electron chi connectivity index (χ3n) is 3.57. The fraction of sp³-hybridized carbons (Fsp3) is 0.438. The lowest BCUT2D eigenvalue weighted by Crippen LogP contribution is -2.38. The molecule has 1 aromatic heterocycles. The number of halogens is 2. The van der Waals surface area contributed by atoms with Crippen molar-refractivity contribution in [1.82, 2.24) is 15.5 Å². The van der Waals surface area contributed by atoms with Crippen molar-refractivity contribution in [2.45, 2.75) is 45.7 Å². The summed E-state index contributed by atoms with van der Waals surface area (Å²) in [5.74, 6) is -0.716. The van der Waals surface area contributed by atoms with E-state index in [9.17, 15) is 9.18 Å². The molecule has 132 valence electrons. The van der Waals surface area contributed by atoms with Gasteiger partial charge in [-0.3, -0.25) is 10.1 Å². The van der Waals surface area contributed by atoms with Gasteiger partial charge in [-0.15, -0.1) is 12.4 Å². The molecule has 0 fully saturated rings. The van der Waals surface area contributed by atoms with Crippen molar-refractivity contribution in [3.8, 4) is 11.4 Å². The zero-order valence-corrected chi connectivity index (χ0v) is 14.6. The van der Waals surface area contributed by atoms with Gasteiger partial charge in [-0.05, 0) is 31.9 Å². The first kappa shape index (κ1) is 20.1. The fourth-order valence-electron chi connectivity index (χ4n) is 2.20. The lowest BCUT2D eigenvalue weighted by molar-refractivity contribution is -0.139. The van der Waals surface area contributed by atoms with Gasteiger partial charge in [0.1, 0.15) is 11.9 Å². The Kier molecular flexibility index (Phi) is 7.31. The molecule has 0 aliphatic heterocycles. The number of nitrogens with zero attached hydrogens (tertiary/aromatic N) is 2. The molecular weight excluding hydrogens is 337 g/mol. The molecule has 2 unspecified atom stereocenters. The predicted molar refractivity (Wildman–Crippen MR) is 89.6 cm³/mol. The van der Waals surface area contributed by atoms with E-state index in [1.165, 1.54) is 6.07 Å². The molecule has 0 aliphatic carbocycles. The average molecular weight is 358 g/mol. The zero-order valence-electron chi connectivity index (χ0n) is 13.7. The van der Waals surface area contributed by atoms with E-state index in [4.69, 9.17) is 9.63 Å². The van der Waals surface area contributed by atoms with E-state index in [1.54, 1.807) is 26.0 Å². The van der Waals surface area contributed by atoms with E-state index >= 15 is 0 Å². The van der Waals surface area contributed by atoms with Crippen molar-refractivity contribution in [1.29, 1.82) is 0 Å². The summed E-state index contributed by atoms with van der Waals surface area (Å²) >= 11 is 0. The number of carboxylic acid groups (broad SMARTS) is 1. The van der Waals surface area contributed by atoms with E-state index in [2.05, 4.69) is 15.5 Å². The van der Waals surface area contributed by atoms with E-state index < -0.39 is 18.1 Å².